The normalized spacial score (nSPS) is 14.7. The number of rotatable bonds is 6. The molecule has 0 N–H and O–H groups in total. The molecule has 1 atom stereocenters. The van der Waals surface area contributed by atoms with E-state index in [-0.39, 0.29) is 0 Å². The van der Waals surface area contributed by atoms with Crippen LogP contribution in [0.25, 0.3) is 6.08 Å². The van der Waals surface area contributed by atoms with Crippen molar-refractivity contribution < 1.29 is 0 Å². The SMILES string of the molecule is C/C(=C\c1ccccc1)[Si](C)(C#C[Si](C(C)C)(C(C)C)C(C)C)c1ccccc1. The van der Waals surface area contributed by atoms with Gasteiger partial charge in [-0.3, -0.25) is 0 Å². The summed E-state index contributed by atoms with van der Waals surface area (Å²) in [6.45, 7) is 19.1. The second kappa shape index (κ2) is 9.78. The van der Waals surface area contributed by atoms with E-state index < -0.39 is 16.1 Å². The molecular formula is C27H38Si2. The standard InChI is InChI=1S/C27H38Si2/c1-22(2)29(23(3)4,24(5)6)20-19-28(8,27-17-13-10-14-18-27)25(7)21-26-15-11-9-12-16-26/h9-18,21-24H,1-8H3/b25-21+. The summed E-state index contributed by atoms with van der Waals surface area (Å²) in [5.74, 6) is 0. The van der Waals surface area contributed by atoms with E-state index in [1.165, 1.54) is 15.9 Å². The summed E-state index contributed by atoms with van der Waals surface area (Å²) in [7, 11) is -3.89. The molecule has 1 unspecified atom stereocenters. The molecule has 0 radical (unpaired) electrons. The number of allylic oxidation sites excluding steroid dienone is 1. The van der Waals surface area contributed by atoms with Gasteiger partial charge in [-0.25, -0.2) is 0 Å². The van der Waals surface area contributed by atoms with Gasteiger partial charge in [0.1, 0.15) is 8.07 Å². The minimum Gasteiger partial charge on any atom is -0.136 e. The Bertz CT molecular complexity index is 845. The lowest BCUT2D eigenvalue weighted by Crippen LogP contribution is -2.48. The van der Waals surface area contributed by atoms with Crippen molar-refractivity contribution in [1.29, 1.82) is 0 Å². The average Bonchev–Trinajstić information content (AvgIpc) is 2.68. The van der Waals surface area contributed by atoms with Gasteiger partial charge in [0.25, 0.3) is 0 Å². The Labute approximate surface area is 181 Å². The molecule has 0 saturated carbocycles. The van der Waals surface area contributed by atoms with Crippen molar-refractivity contribution in [3.8, 4) is 11.1 Å². The predicted molar refractivity (Wildman–Crippen MR) is 137 cm³/mol. The highest BCUT2D eigenvalue weighted by Crippen LogP contribution is 2.41. The zero-order chi connectivity index (χ0) is 21.7. The van der Waals surface area contributed by atoms with Crippen LogP contribution >= 0.6 is 0 Å². The van der Waals surface area contributed by atoms with Crippen LogP contribution in [0, 0.1) is 11.1 Å². The van der Waals surface area contributed by atoms with Crippen molar-refractivity contribution >= 4 is 27.4 Å². The number of benzene rings is 2. The van der Waals surface area contributed by atoms with E-state index in [4.69, 9.17) is 0 Å². The van der Waals surface area contributed by atoms with E-state index in [0.29, 0.717) is 16.6 Å². The van der Waals surface area contributed by atoms with Crippen LogP contribution in [0.5, 0.6) is 0 Å². The molecular weight excluding hydrogens is 380 g/mol. The fraction of sp³-hybridized carbons (Fsp3) is 0.407. The van der Waals surface area contributed by atoms with Crippen LogP contribution in [0.4, 0.5) is 0 Å². The van der Waals surface area contributed by atoms with Gasteiger partial charge in [0.15, 0.2) is 8.07 Å². The van der Waals surface area contributed by atoms with Crippen LogP contribution in [-0.2, 0) is 0 Å². The summed E-state index contributed by atoms with van der Waals surface area (Å²) in [6, 6.07) is 21.7. The lowest BCUT2D eigenvalue weighted by Gasteiger charge is -2.38. The highest BCUT2D eigenvalue weighted by molar-refractivity contribution is 7.04. The smallest absolute Gasteiger partial charge is 0.136 e. The van der Waals surface area contributed by atoms with Crippen molar-refractivity contribution in [3.05, 3.63) is 71.4 Å². The van der Waals surface area contributed by atoms with Crippen LogP contribution < -0.4 is 5.19 Å². The average molecular weight is 419 g/mol. The van der Waals surface area contributed by atoms with Crippen molar-refractivity contribution in [2.75, 3.05) is 0 Å². The quantitative estimate of drug-likeness (QED) is 0.339. The molecule has 0 aromatic heterocycles. The van der Waals surface area contributed by atoms with Crippen molar-refractivity contribution in [1.82, 2.24) is 0 Å². The fourth-order valence-corrected chi connectivity index (χ4v) is 13.6. The topological polar surface area (TPSA) is 0 Å². The molecule has 0 spiro atoms. The highest BCUT2D eigenvalue weighted by atomic mass is 28.3. The minimum atomic E-state index is -2.12. The summed E-state index contributed by atoms with van der Waals surface area (Å²) in [6.07, 6.45) is 2.36. The van der Waals surface area contributed by atoms with E-state index in [9.17, 15) is 0 Å². The van der Waals surface area contributed by atoms with Crippen molar-refractivity contribution in [2.24, 2.45) is 0 Å². The first-order valence-corrected chi connectivity index (χ1v) is 15.7. The molecule has 2 heteroatoms. The third kappa shape index (κ3) is 5.02. The molecule has 2 aromatic rings. The Morgan fingerprint density at radius 2 is 1.17 bits per heavy atom. The maximum Gasteiger partial charge on any atom is 0.191 e. The Hall–Kier alpha value is -1.83. The van der Waals surface area contributed by atoms with Gasteiger partial charge in [-0.15, -0.1) is 11.1 Å². The number of hydrogen-bond acceptors (Lipinski definition) is 0. The predicted octanol–water partition coefficient (Wildman–Crippen LogP) is 7.38. The van der Waals surface area contributed by atoms with Gasteiger partial charge in [0.2, 0.25) is 0 Å². The van der Waals surface area contributed by atoms with E-state index in [2.05, 4.69) is 133 Å². The molecule has 0 nitrogen and oxygen atoms in total. The largest absolute Gasteiger partial charge is 0.191 e. The molecule has 154 valence electrons. The van der Waals surface area contributed by atoms with E-state index in [0.717, 1.165) is 0 Å². The monoisotopic (exact) mass is 418 g/mol. The third-order valence-electron chi connectivity index (χ3n) is 6.72. The van der Waals surface area contributed by atoms with Gasteiger partial charge >= 0.3 is 0 Å². The molecule has 0 aliphatic rings. The maximum atomic E-state index is 4.05. The van der Waals surface area contributed by atoms with Crippen LogP contribution in [0.3, 0.4) is 0 Å². The van der Waals surface area contributed by atoms with Gasteiger partial charge in [-0.2, -0.15) is 0 Å². The van der Waals surface area contributed by atoms with Crippen molar-refractivity contribution in [3.63, 3.8) is 0 Å². The fourth-order valence-electron chi connectivity index (χ4n) is 4.78. The Morgan fingerprint density at radius 3 is 1.62 bits per heavy atom. The number of hydrogen-bond donors (Lipinski definition) is 0. The molecule has 2 aromatic carbocycles. The van der Waals surface area contributed by atoms with E-state index in [1.807, 2.05) is 0 Å². The van der Waals surface area contributed by atoms with Crippen LogP contribution in [0.15, 0.2) is 65.9 Å². The van der Waals surface area contributed by atoms with Gasteiger partial charge in [-0.05, 0) is 34.3 Å². The molecule has 0 heterocycles. The second-order valence-corrected chi connectivity index (χ2v) is 18.8. The zero-order valence-electron chi connectivity index (χ0n) is 19.6. The second-order valence-electron chi connectivity index (χ2n) is 9.38. The molecule has 29 heavy (non-hydrogen) atoms. The van der Waals surface area contributed by atoms with Crippen molar-refractivity contribution in [2.45, 2.75) is 71.6 Å². The molecule has 2 rings (SSSR count). The lowest BCUT2D eigenvalue weighted by atomic mass is 10.2. The molecule has 0 aliphatic carbocycles. The Kier molecular flexibility index (Phi) is 7.91. The molecule has 0 saturated heterocycles. The summed E-state index contributed by atoms with van der Waals surface area (Å²) < 4.78 is 0. The van der Waals surface area contributed by atoms with E-state index >= 15 is 0 Å². The summed E-state index contributed by atoms with van der Waals surface area (Å²) >= 11 is 0. The first-order chi connectivity index (χ1) is 13.6. The van der Waals surface area contributed by atoms with E-state index in [1.54, 1.807) is 0 Å². The maximum absolute atomic E-state index is 4.05. The summed E-state index contributed by atoms with van der Waals surface area (Å²) in [5, 5.41) is 2.85. The summed E-state index contributed by atoms with van der Waals surface area (Å²) in [4.78, 5) is 0. The first kappa shape index (κ1) is 23.5. The Morgan fingerprint density at radius 1 is 0.724 bits per heavy atom. The van der Waals surface area contributed by atoms with Crippen LogP contribution in [0.2, 0.25) is 23.2 Å². The van der Waals surface area contributed by atoms with Crippen LogP contribution in [-0.4, -0.2) is 16.1 Å². The zero-order valence-corrected chi connectivity index (χ0v) is 21.6. The van der Waals surface area contributed by atoms with Gasteiger partial charge < -0.3 is 0 Å². The molecule has 0 aliphatic heterocycles. The Balaban J connectivity index is 2.68. The minimum absolute atomic E-state index is 0.655. The molecule has 0 amide bonds. The van der Waals surface area contributed by atoms with Gasteiger partial charge in [0, 0.05) is 0 Å². The third-order valence-corrected chi connectivity index (χ3v) is 17.1. The molecule has 0 bridgehead atoms. The van der Waals surface area contributed by atoms with Gasteiger partial charge in [-0.1, -0.05) is 120 Å². The van der Waals surface area contributed by atoms with Gasteiger partial charge in [0.05, 0.1) is 0 Å². The highest BCUT2D eigenvalue weighted by Gasteiger charge is 2.42. The first-order valence-electron chi connectivity index (χ1n) is 11.0. The summed E-state index contributed by atoms with van der Waals surface area (Å²) in [5.41, 5.74) is 11.3. The lowest BCUT2D eigenvalue weighted by molar-refractivity contribution is 0.838. The molecule has 0 fully saturated rings. The van der Waals surface area contributed by atoms with Crippen LogP contribution in [0.1, 0.15) is 54.0 Å².